The van der Waals surface area contributed by atoms with Gasteiger partial charge in [-0.15, -0.1) is 0 Å². The summed E-state index contributed by atoms with van der Waals surface area (Å²) in [6.07, 6.45) is 4.83. The average Bonchev–Trinajstić information content (AvgIpc) is 3.36. The number of guanidine groups is 1. The van der Waals surface area contributed by atoms with Gasteiger partial charge in [0, 0.05) is 50.2 Å². The first-order valence-electron chi connectivity index (χ1n) is 10.6. The monoisotopic (exact) mass is 396 g/mol. The van der Waals surface area contributed by atoms with E-state index in [1.54, 1.807) is 0 Å². The SMILES string of the molecule is CCNC(=NCCCn1ccc2ccccc21)NCCCc1nc(C(C)C)no1. The number of nitrogens with one attached hydrogen (secondary N) is 2. The van der Waals surface area contributed by atoms with Crippen molar-refractivity contribution in [1.29, 1.82) is 0 Å². The molecule has 0 unspecified atom stereocenters. The maximum atomic E-state index is 5.29. The van der Waals surface area contributed by atoms with Crippen LogP contribution in [0.25, 0.3) is 10.9 Å². The predicted molar refractivity (Wildman–Crippen MR) is 117 cm³/mol. The Morgan fingerprint density at radius 2 is 2.03 bits per heavy atom. The standard InChI is InChI=1S/C22H32N6O/c1-4-23-22(24-13-7-11-20-26-21(17(2)3)27-29-20)25-14-8-15-28-16-12-18-9-5-6-10-19(18)28/h5-6,9-10,12,16-17H,4,7-8,11,13-15H2,1-3H3,(H2,23,24,25). The lowest BCUT2D eigenvalue weighted by molar-refractivity contribution is 0.368. The van der Waals surface area contributed by atoms with Crippen molar-refractivity contribution in [2.75, 3.05) is 19.6 Å². The number of aryl methyl sites for hydroxylation is 2. The Labute approximate surface area is 172 Å². The summed E-state index contributed by atoms with van der Waals surface area (Å²) < 4.78 is 7.58. The van der Waals surface area contributed by atoms with Gasteiger partial charge in [0.15, 0.2) is 11.8 Å². The van der Waals surface area contributed by atoms with Gasteiger partial charge in [-0.2, -0.15) is 4.98 Å². The summed E-state index contributed by atoms with van der Waals surface area (Å²) in [6.45, 7) is 9.61. The summed E-state index contributed by atoms with van der Waals surface area (Å²) in [5.74, 6) is 2.63. The molecule has 0 bridgehead atoms. The molecule has 0 saturated carbocycles. The summed E-state index contributed by atoms with van der Waals surface area (Å²) >= 11 is 0. The van der Waals surface area contributed by atoms with E-state index >= 15 is 0 Å². The maximum absolute atomic E-state index is 5.29. The molecule has 2 aromatic heterocycles. The van der Waals surface area contributed by atoms with Crippen LogP contribution in [0.5, 0.6) is 0 Å². The lowest BCUT2D eigenvalue weighted by atomic mass is 10.2. The van der Waals surface area contributed by atoms with Crippen molar-refractivity contribution >= 4 is 16.9 Å². The molecule has 0 aliphatic heterocycles. The highest BCUT2D eigenvalue weighted by Gasteiger charge is 2.09. The van der Waals surface area contributed by atoms with Crippen LogP contribution in [-0.2, 0) is 13.0 Å². The zero-order valence-corrected chi connectivity index (χ0v) is 17.7. The smallest absolute Gasteiger partial charge is 0.226 e. The van der Waals surface area contributed by atoms with Gasteiger partial charge in [0.25, 0.3) is 0 Å². The van der Waals surface area contributed by atoms with E-state index in [1.165, 1.54) is 10.9 Å². The molecule has 3 rings (SSSR count). The molecule has 2 heterocycles. The first-order chi connectivity index (χ1) is 14.2. The van der Waals surface area contributed by atoms with Crippen molar-refractivity contribution in [3.05, 3.63) is 48.2 Å². The van der Waals surface area contributed by atoms with Crippen LogP contribution in [0.4, 0.5) is 0 Å². The molecule has 3 aromatic rings. The third-order valence-corrected chi connectivity index (χ3v) is 4.71. The van der Waals surface area contributed by atoms with Crippen LogP contribution in [0.2, 0.25) is 0 Å². The van der Waals surface area contributed by atoms with Crippen molar-refractivity contribution < 1.29 is 4.52 Å². The van der Waals surface area contributed by atoms with Gasteiger partial charge in [-0.25, -0.2) is 0 Å². The van der Waals surface area contributed by atoms with Crippen LogP contribution in [0, 0.1) is 0 Å². The number of aromatic nitrogens is 3. The second-order valence-corrected chi connectivity index (χ2v) is 7.41. The molecule has 0 atom stereocenters. The Morgan fingerprint density at radius 3 is 2.83 bits per heavy atom. The fourth-order valence-electron chi connectivity index (χ4n) is 3.16. The van der Waals surface area contributed by atoms with Gasteiger partial charge in [-0.3, -0.25) is 4.99 Å². The second-order valence-electron chi connectivity index (χ2n) is 7.41. The highest BCUT2D eigenvalue weighted by molar-refractivity contribution is 5.80. The molecule has 0 saturated heterocycles. The number of aliphatic imine (C=N–C) groups is 1. The number of para-hydroxylation sites is 1. The molecule has 29 heavy (non-hydrogen) atoms. The van der Waals surface area contributed by atoms with E-state index in [9.17, 15) is 0 Å². The van der Waals surface area contributed by atoms with Gasteiger partial charge >= 0.3 is 0 Å². The summed E-state index contributed by atoms with van der Waals surface area (Å²) in [5, 5.41) is 12.0. The van der Waals surface area contributed by atoms with Crippen molar-refractivity contribution in [2.24, 2.45) is 4.99 Å². The molecule has 0 amide bonds. The van der Waals surface area contributed by atoms with E-state index in [4.69, 9.17) is 9.52 Å². The van der Waals surface area contributed by atoms with Gasteiger partial charge in [-0.05, 0) is 37.3 Å². The van der Waals surface area contributed by atoms with E-state index in [0.29, 0.717) is 11.8 Å². The second kappa shape index (κ2) is 10.6. The lowest BCUT2D eigenvalue weighted by Gasteiger charge is -2.11. The highest BCUT2D eigenvalue weighted by Crippen LogP contribution is 2.15. The summed E-state index contributed by atoms with van der Waals surface area (Å²) in [6, 6.07) is 10.6. The molecule has 156 valence electrons. The zero-order chi connectivity index (χ0) is 20.5. The minimum atomic E-state index is 0.294. The van der Waals surface area contributed by atoms with Crippen molar-refractivity contribution in [3.63, 3.8) is 0 Å². The Hall–Kier alpha value is -2.83. The van der Waals surface area contributed by atoms with E-state index < -0.39 is 0 Å². The lowest BCUT2D eigenvalue weighted by Crippen LogP contribution is -2.38. The highest BCUT2D eigenvalue weighted by atomic mass is 16.5. The van der Waals surface area contributed by atoms with Crippen LogP contribution >= 0.6 is 0 Å². The van der Waals surface area contributed by atoms with Crippen molar-refractivity contribution in [1.82, 2.24) is 25.3 Å². The molecule has 0 aliphatic rings. The van der Waals surface area contributed by atoms with Crippen LogP contribution in [0.15, 0.2) is 46.0 Å². The third kappa shape index (κ3) is 6.07. The van der Waals surface area contributed by atoms with Gasteiger partial charge in [-0.1, -0.05) is 37.2 Å². The number of hydrogen-bond acceptors (Lipinski definition) is 4. The molecule has 2 N–H and O–H groups in total. The molecule has 1 aromatic carbocycles. The maximum Gasteiger partial charge on any atom is 0.226 e. The topological polar surface area (TPSA) is 80.3 Å². The Bertz CT molecular complexity index is 911. The van der Waals surface area contributed by atoms with Crippen LogP contribution < -0.4 is 10.6 Å². The van der Waals surface area contributed by atoms with Crippen molar-refractivity contribution in [3.8, 4) is 0 Å². The molecular weight excluding hydrogens is 364 g/mol. The largest absolute Gasteiger partial charge is 0.357 e. The van der Waals surface area contributed by atoms with Crippen molar-refractivity contribution in [2.45, 2.75) is 52.5 Å². The van der Waals surface area contributed by atoms with E-state index in [1.807, 2.05) is 0 Å². The Morgan fingerprint density at radius 1 is 1.17 bits per heavy atom. The number of benzene rings is 1. The van der Waals surface area contributed by atoms with Gasteiger partial charge in [0.2, 0.25) is 5.89 Å². The third-order valence-electron chi connectivity index (χ3n) is 4.71. The summed E-state index contributed by atoms with van der Waals surface area (Å²) in [5.41, 5.74) is 1.28. The molecule has 7 nitrogen and oxygen atoms in total. The zero-order valence-electron chi connectivity index (χ0n) is 17.7. The number of fused-ring (bicyclic) bond motifs is 1. The minimum absolute atomic E-state index is 0.294. The summed E-state index contributed by atoms with van der Waals surface area (Å²) in [7, 11) is 0. The van der Waals surface area contributed by atoms with Gasteiger partial charge in [0.1, 0.15) is 0 Å². The first-order valence-corrected chi connectivity index (χ1v) is 10.6. The first kappa shape index (κ1) is 20.9. The van der Waals surface area contributed by atoms with E-state index in [2.05, 4.69) is 82.6 Å². The molecule has 0 spiro atoms. The molecule has 0 aliphatic carbocycles. The van der Waals surface area contributed by atoms with E-state index in [-0.39, 0.29) is 0 Å². The van der Waals surface area contributed by atoms with Crippen LogP contribution in [0.3, 0.4) is 0 Å². The number of hydrogen-bond donors (Lipinski definition) is 2. The summed E-state index contributed by atoms with van der Waals surface area (Å²) in [4.78, 5) is 9.11. The number of nitrogens with zero attached hydrogens (tertiary/aromatic N) is 4. The van der Waals surface area contributed by atoms with Crippen LogP contribution in [0.1, 0.15) is 51.2 Å². The molecule has 0 fully saturated rings. The fraction of sp³-hybridized carbons (Fsp3) is 0.500. The molecule has 0 radical (unpaired) electrons. The molecular formula is C22H32N6O. The Balaban J connectivity index is 1.40. The number of rotatable bonds is 10. The Kier molecular flexibility index (Phi) is 7.67. The minimum Gasteiger partial charge on any atom is -0.357 e. The average molecular weight is 397 g/mol. The van der Waals surface area contributed by atoms with Gasteiger partial charge < -0.3 is 19.7 Å². The predicted octanol–water partition coefficient (Wildman–Crippen LogP) is 3.73. The quantitative estimate of drug-likeness (QED) is 0.310. The normalized spacial score (nSPS) is 12.1. The van der Waals surface area contributed by atoms with Gasteiger partial charge in [0.05, 0.1) is 0 Å². The fourth-order valence-corrected chi connectivity index (χ4v) is 3.16. The van der Waals surface area contributed by atoms with E-state index in [0.717, 1.165) is 57.2 Å². The molecule has 7 heteroatoms. The van der Waals surface area contributed by atoms with Crippen LogP contribution in [-0.4, -0.2) is 40.3 Å².